The van der Waals surface area contributed by atoms with Gasteiger partial charge in [-0.25, -0.2) is 0 Å². The molecule has 0 radical (unpaired) electrons. The smallest absolute Gasteiger partial charge is 0.293 e. The maximum absolute atomic E-state index is 12.6. The number of imide groups is 1. The Labute approximate surface area is 169 Å². The summed E-state index contributed by atoms with van der Waals surface area (Å²) in [6, 6.07) is 5.32. The maximum atomic E-state index is 12.6. The zero-order valence-electron chi connectivity index (χ0n) is 16.6. The van der Waals surface area contributed by atoms with Crippen molar-refractivity contribution in [2.45, 2.75) is 27.2 Å². The minimum Gasteiger partial charge on any atom is -0.493 e. The van der Waals surface area contributed by atoms with E-state index in [2.05, 4.69) is 5.32 Å². The Bertz CT molecular complexity index is 778. The highest BCUT2D eigenvalue weighted by Crippen LogP contribution is 2.34. The summed E-state index contributed by atoms with van der Waals surface area (Å²) >= 11 is 0.888. The van der Waals surface area contributed by atoms with Crippen LogP contribution in [0.3, 0.4) is 0 Å². The van der Waals surface area contributed by atoms with E-state index < -0.39 is 0 Å². The molecule has 1 aromatic rings. The number of hydrogen-bond acceptors (Lipinski definition) is 6. The van der Waals surface area contributed by atoms with Crippen LogP contribution < -0.4 is 14.8 Å². The summed E-state index contributed by atoms with van der Waals surface area (Å²) < 4.78 is 10.8. The molecule has 152 valence electrons. The molecule has 0 aromatic heterocycles. The molecule has 1 aromatic carbocycles. The molecule has 7 nitrogen and oxygen atoms in total. The molecule has 2 rings (SSSR count). The minimum atomic E-state index is -0.361. The van der Waals surface area contributed by atoms with Crippen LogP contribution in [0.1, 0.15) is 32.8 Å². The van der Waals surface area contributed by atoms with Crippen molar-refractivity contribution in [2.24, 2.45) is 5.92 Å². The largest absolute Gasteiger partial charge is 0.493 e. The molecule has 0 saturated carbocycles. The summed E-state index contributed by atoms with van der Waals surface area (Å²) in [5.41, 5.74) is 0.732. The molecular weight excluding hydrogens is 380 g/mol. The van der Waals surface area contributed by atoms with Gasteiger partial charge in [0.15, 0.2) is 11.5 Å². The number of carbonyl (C=O) groups excluding carboxylic acids is 3. The number of hydrogen-bond donors (Lipinski definition) is 1. The number of nitrogens with one attached hydrogen (secondary N) is 1. The molecule has 0 bridgehead atoms. The fourth-order valence-corrected chi connectivity index (χ4v) is 3.41. The van der Waals surface area contributed by atoms with Gasteiger partial charge in [0.05, 0.1) is 18.6 Å². The van der Waals surface area contributed by atoms with Gasteiger partial charge in [0.2, 0.25) is 5.91 Å². The molecule has 3 amide bonds. The van der Waals surface area contributed by atoms with E-state index in [9.17, 15) is 14.4 Å². The lowest BCUT2D eigenvalue weighted by atomic mass is 10.1. The fourth-order valence-electron chi connectivity index (χ4n) is 2.54. The van der Waals surface area contributed by atoms with Gasteiger partial charge in [-0.1, -0.05) is 19.9 Å². The molecule has 1 N–H and O–H groups in total. The van der Waals surface area contributed by atoms with Crippen LogP contribution >= 0.6 is 11.8 Å². The van der Waals surface area contributed by atoms with Gasteiger partial charge in [0.25, 0.3) is 11.1 Å². The number of nitrogens with zero attached hydrogens (tertiary/aromatic N) is 1. The van der Waals surface area contributed by atoms with Gasteiger partial charge >= 0.3 is 0 Å². The number of thioether (sulfide) groups is 1. The van der Waals surface area contributed by atoms with Crippen LogP contribution in [0.5, 0.6) is 11.5 Å². The van der Waals surface area contributed by atoms with Crippen LogP contribution in [0.2, 0.25) is 0 Å². The first kappa shape index (κ1) is 21.8. The third kappa shape index (κ3) is 5.28. The number of amides is 3. The third-order valence-corrected chi connectivity index (χ3v) is 5.26. The average molecular weight is 407 g/mol. The Morgan fingerprint density at radius 2 is 2.04 bits per heavy atom. The number of rotatable bonds is 9. The molecule has 1 aliphatic rings. The van der Waals surface area contributed by atoms with E-state index in [4.69, 9.17) is 9.47 Å². The van der Waals surface area contributed by atoms with Crippen molar-refractivity contribution in [2.75, 3.05) is 26.8 Å². The van der Waals surface area contributed by atoms with Crippen molar-refractivity contribution in [3.63, 3.8) is 0 Å². The standard InChI is InChI=1S/C20H26N2O5S/c1-5-13(3)18(23)21-9-10-22-19(24)17(28-20(22)25)12-14-7-8-15(27-6-2)16(11-14)26-4/h7-8,11-13H,5-6,9-10H2,1-4H3,(H,21,23)/b17-12-. The molecular formula is C20H26N2O5S. The Kier molecular flexibility index (Phi) is 7.92. The Hall–Kier alpha value is -2.48. The average Bonchev–Trinajstić information content (AvgIpc) is 2.95. The van der Waals surface area contributed by atoms with Crippen molar-refractivity contribution in [1.29, 1.82) is 0 Å². The second-order valence-corrected chi connectivity index (χ2v) is 7.27. The Morgan fingerprint density at radius 1 is 1.29 bits per heavy atom. The van der Waals surface area contributed by atoms with Gasteiger partial charge < -0.3 is 14.8 Å². The quantitative estimate of drug-likeness (QED) is 0.634. The molecule has 28 heavy (non-hydrogen) atoms. The van der Waals surface area contributed by atoms with Gasteiger partial charge in [0, 0.05) is 19.0 Å². The van der Waals surface area contributed by atoms with Crippen LogP contribution in [0.4, 0.5) is 4.79 Å². The third-order valence-electron chi connectivity index (χ3n) is 4.35. The predicted molar refractivity (Wildman–Crippen MR) is 109 cm³/mol. The van der Waals surface area contributed by atoms with Crippen LogP contribution in [0.15, 0.2) is 23.1 Å². The molecule has 1 heterocycles. The zero-order chi connectivity index (χ0) is 20.7. The van der Waals surface area contributed by atoms with Gasteiger partial charge in [-0.05, 0) is 48.9 Å². The van der Waals surface area contributed by atoms with E-state index in [0.717, 1.165) is 28.6 Å². The van der Waals surface area contributed by atoms with Crippen LogP contribution in [-0.2, 0) is 9.59 Å². The highest BCUT2D eigenvalue weighted by molar-refractivity contribution is 8.18. The second kappa shape index (κ2) is 10.2. The molecule has 1 saturated heterocycles. The Balaban J connectivity index is 2.05. The highest BCUT2D eigenvalue weighted by Gasteiger charge is 2.34. The van der Waals surface area contributed by atoms with Crippen molar-refractivity contribution < 1.29 is 23.9 Å². The van der Waals surface area contributed by atoms with Gasteiger partial charge in [-0.15, -0.1) is 0 Å². The summed E-state index contributed by atoms with van der Waals surface area (Å²) in [6.07, 6.45) is 2.39. The van der Waals surface area contributed by atoms with Gasteiger partial charge in [0.1, 0.15) is 0 Å². The van der Waals surface area contributed by atoms with Crippen LogP contribution in [0, 0.1) is 5.92 Å². The van der Waals surface area contributed by atoms with E-state index in [1.807, 2.05) is 20.8 Å². The molecule has 0 spiro atoms. The number of methoxy groups -OCH3 is 1. The molecule has 0 aliphatic carbocycles. The van der Waals surface area contributed by atoms with Crippen molar-refractivity contribution >= 4 is 34.9 Å². The number of carbonyl (C=O) groups is 3. The number of ether oxygens (including phenoxy) is 2. The predicted octanol–water partition coefficient (Wildman–Crippen LogP) is 3.29. The molecule has 8 heteroatoms. The molecule has 1 atom stereocenters. The summed E-state index contributed by atoms with van der Waals surface area (Å²) in [5, 5.41) is 2.41. The summed E-state index contributed by atoms with van der Waals surface area (Å²) in [6.45, 7) is 6.56. The lowest BCUT2D eigenvalue weighted by Crippen LogP contribution is -2.38. The van der Waals surface area contributed by atoms with Gasteiger partial charge in [-0.3, -0.25) is 19.3 Å². The Morgan fingerprint density at radius 3 is 2.68 bits per heavy atom. The molecule has 1 fully saturated rings. The van der Waals surface area contributed by atoms with E-state index in [-0.39, 0.29) is 36.1 Å². The highest BCUT2D eigenvalue weighted by atomic mass is 32.2. The van der Waals surface area contributed by atoms with E-state index >= 15 is 0 Å². The molecule has 1 unspecified atom stereocenters. The normalized spacial score (nSPS) is 16.4. The minimum absolute atomic E-state index is 0.0773. The summed E-state index contributed by atoms with van der Waals surface area (Å²) in [5.74, 6) is 0.645. The van der Waals surface area contributed by atoms with Crippen LogP contribution in [0.25, 0.3) is 6.08 Å². The zero-order valence-corrected chi connectivity index (χ0v) is 17.4. The lowest BCUT2D eigenvalue weighted by molar-refractivity contribution is -0.126. The first-order chi connectivity index (χ1) is 13.4. The molecule has 1 aliphatic heterocycles. The number of benzene rings is 1. The van der Waals surface area contributed by atoms with Gasteiger partial charge in [-0.2, -0.15) is 0 Å². The topological polar surface area (TPSA) is 84.9 Å². The van der Waals surface area contributed by atoms with E-state index in [0.29, 0.717) is 23.0 Å². The van der Waals surface area contributed by atoms with Crippen LogP contribution in [-0.4, -0.2) is 48.8 Å². The van der Waals surface area contributed by atoms with Crippen molar-refractivity contribution in [3.05, 3.63) is 28.7 Å². The summed E-state index contributed by atoms with van der Waals surface area (Å²) in [4.78, 5) is 38.0. The van der Waals surface area contributed by atoms with Crippen molar-refractivity contribution in [3.8, 4) is 11.5 Å². The first-order valence-electron chi connectivity index (χ1n) is 9.25. The monoisotopic (exact) mass is 406 g/mol. The second-order valence-electron chi connectivity index (χ2n) is 6.28. The summed E-state index contributed by atoms with van der Waals surface area (Å²) in [7, 11) is 1.54. The van der Waals surface area contributed by atoms with E-state index in [1.165, 1.54) is 0 Å². The van der Waals surface area contributed by atoms with Crippen molar-refractivity contribution in [1.82, 2.24) is 10.2 Å². The first-order valence-corrected chi connectivity index (χ1v) is 10.1. The van der Waals surface area contributed by atoms with E-state index in [1.54, 1.807) is 31.4 Å². The maximum Gasteiger partial charge on any atom is 0.293 e. The fraction of sp³-hybridized carbons (Fsp3) is 0.450. The SMILES string of the molecule is CCOc1ccc(/C=C2\SC(=O)N(CCNC(=O)C(C)CC)C2=O)cc1OC. The lowest BCUT2D eigenvalue weighted by Gasteiger charge is -2.14.